The van der Waals surface area contributed by atoms with Gasteiger partial charge in [0.1, 0.15) is 17.3 Å². The fraction of sp³-hybridized carbons (Fsp3) is 0.176. The molecule has 2 aromatic rings. The molecule has 0 spiro atoms. The predicted molar refractivity (Wildman–Crippen MR) is 93.7 cm³/mol. The maximum absolute atomic E-state index is 13.5. The summed E-state index contributed by atoms with van der Waals surface area (Å²) in [6.45, 7) is -0.793. The maximum Gasteiger partial charge on any atom is 0.338 e. The van der Waals surface area contributed by atoms with Crippen LogP contribution < -0.4 is 5.32 Å². The van der Waals surface area contributed by atoms with E-state index in [1.54, 1.807) is 0 Å². The number of carbonyl (C=O) groups excluding carboxylic acids is 2. The van der Waals surface area contributed by atoms with Gasteiger partial charge in [0.15, 0.2) is 6.61 Å². The van der Waals surface area contributed by atoms with Crippen LogP contribution in [0.5, 0.6) is 0 Å². The minimum Gasteiger partial charge on any atom is -0.452 e. The Kier molecular flexibility index (Phi) is 6.78. The van der Waals surface area contributed by atoms with E-state index in [1.165, 1.54) is 26.3 Å². The first-order valence-corrected chi connectivity index (χ1v) is 9.15. The first-order chi connectivity index (χ1) is 13.2. The standard InChI is InChI=1S/C17H16F2N2O6S/c1-21(26-2)28(24,25)12-8-6-11(7-9-12)17(23)27-10-15(22)20-16-13(18)4-3-5-14(16)19/h3-9H,10H2,1-2H3,(H,20,22). The van der Waals surface area contributed by atoms with Crippen LogP contribution in [0.2, 0.25) is 0 Å². The monoisotopic (exact) mass is 414 g/mol. The first-order valence-electron chi connectivity index (χ1n) is 7.71. The molecule has 28 heavy (non-hydrogen) atoms. The SMILES string of the molecule is CON(C)S(=O)(=O)c1ccc(C(=O)OCC(=O)Nc2c(F)cccc2F)cc1. The third-order valence-corrected chi connectivity index (χ3v) is 5.24. The van der Waals surface area contributed by atoms with Crippen LogP contribution >= 0.6 is 0 Å². The molecule has 0 radical (unpaired) electrons. The second kappa shape index (κ2) is 8.87. The van der Waals surface area contributed by atoms with E-state index in [-0.39, 0.29) is 10.5 Å². The molecule has 8 nitrogen and oxygen atoms in total. The lowest BCUT2D eigenvalue weighted by molar-refractivity contribution is -0.119. The molecule has 1 amide bonds. The Balaban J connectivity index is 1.99. The van der Waals surface area contributed by atoms with Crippen LogP contribution in [0, 0.1) is 11.6 Å². The lowest BCUT2D eigenvalue weighted by Crippen LogP contribution is -2.25. The number of sulfonamides is 1. The molecule has 11 heteroatoms. The van der Waals surface area contributed by atoms with Gasteiger partial charge in [-0.3, -0.25) is 9.63 Å². The van der Waals surface area contributed by atoms with Gasteiger partial charge in [0, 0.05) is 7.05 Å². The fourth-order valence-electron chi connectivity index (χ4n) is 2.02. The largest absolute Gasteiger partial charge is 0.452 e. The van der Waals surface area contributed by atoms with Crippen molar-refractivity contribution in [1.82, 2.24) is 4.47 Å². The number of hydrogen-bond acceptors (Lipinski definition) is 6. The fourth-order valence-corrected chi connectivity index (χ4v) is 2.99. The van der Waals surface area contributed by atoms with Gasteiger partial charge in [-0.25, -0.2) is 22.0 Å². The number of nitrogens with zero attached hydrogens (tertiary/aromatic N) is 1. The number of para-hydroxylation sites is 1. The molecule has 0 atom stereocenters. The molecular formula is C17H16F2N2O6S. The number of hydrogen-bond donors (Lipinski definition) is 1. The number of anilines is 1. The molecule has 0 aliphatic heterocycles. The number of benzene rings is 2. The Bertz CT molecular complexity index is 959. The Hall–Kier alpha value is -2.89. The molecule has 0 aromatic heterocycles. The van der Waals surface area contributed by atoms with Crippen molar-refractivity contribution in [3.8, 4) is 0 Å². The molecule has 0 aliphatic carbocycles. The van der Waals surface area contributed by atoms with Gasteiger partial charge in [-0.2, -0.15) is 0 Å². The molecule has 0 aliphatic rings. The quantitative estimate of drug-likeness (QED) is 0.549. The van der Waals surface area contributed by atoms with E-state index in [0.717, 1.165) is 30.3 Å². The summed E-state index contributed by atoms with van der Waals surface area (Å²) >= 11 is 0. The molecule has 0 heterocycles. The molecule has 0 fully saturated rings. The first kappa shape index (κ1) is 21.4. The van der Waals surface area contributed by atoms with Crippen molar-refractivity contribution in [2.75, 3.05) is 26.1 Å². The minimum atomic E-state index is -3.88. The number of carbonyl (C=O) groups is 2. The van der Waals surface area contributed by atoms with Gasteiger partial charge in [-0.15, -0.1) is 0 Å². The number of ether oxygens (including phenoxy) is 1. The van der Waals surface area contributed by atoms with Crippen LogP contribution in [0.3, 0.4) is 0 Å². The predicted octanol–water partition coefficient (Wildman–Crippen LogP) is 1.94. The van der Waals surface area contributed by atoms with Crippen molar-refractivity contribution in [3.05, 3.63) is 59.7 Å². The molecule has 0 saturated carbocycles. The second-order valence-electron chi connectivity index (χ2n) is 5.34. The summed E-state index contributed by atoms with van der Waals surface area (Å²) in [6.07, 6.45) is 0. The summed E-state index contributed by atoms with van der Waals surface area (Å²) in [6, 6.07) is 7.75. The molecule has 2 rings (SSSR count). The summed E-state index contributed by atoms with van der Waals surface area (Å²) in [4.78, 5) is 28.2. The zero-order valence-corrected chi connectivity index (χ0v) is 15.6. The smallest absolute Gasteiger partial charge is 0.338 e. The number of amides is 1. The van der Waals surface area contributed by atoms with Crippen molar-refractivity contribution >= 4 is 27.6 Å². The van der Waals surface area contributed by atoms with Crippen molar-refractivity contribution in [3.63, 3.8) is 0 Å². The van der Waals surface area contributed by atoms with Crippen molar-refractivity contribution in [2.24, 2.45) is 0 Å². The van der Waals surface area contributed by atoms with E-state index >= 15 is 0 Å². The maximum atomic E-state index is 13.5. The number of rotatable bonds is 7. The topological polar surface area (TPSA) is 102 Å². The average molecular weight is 414 g/mol. The lowest BCUT2D eigenvalue weighted by Gasteiger charge is -2.14. The van der Waals surface area contributed by atoms with Crippen LogP contribution in [0.1, 0.15) is 10.4 Å². The highest BCUT2D eigenvalue weighted by atomic mass is 32.2. The van der Waals surface area contributed by atoms with Gasteiger partial charge in [-0.05, 0) is 36.4 Å². The molecular weight excluding hydrogens is 398 g/mol. The number of halogens is 2. The molecule has 150 valence electrons. The van der Waals surface area contributed by atoms with Crippen LogP contribution in [-0.2, 0) is 24.4 Å². The Morgan fingerprint density at radius 3 is 2.18 bits per heavy atom. The number of nitrogens with one attached hydrogen (secondary N) is 1. The van der Waals surface area contributed by atoms with E-state index in [2.05, 4.69) is 4.84 Å². The van der Waals surface area contributed by atoms with Crippen LogP contribution in [0.4, 0.5) is 14.5 Å². The molecule has 0 saturated heterocycles. The third-order valence-electron chi connectivity index (χ3n) is 3.55. The highest BCUT2D eigenvalue weighted by Crippen LogP contribution is 2.18. The van der Waals surface area contributed by atoms with E-state index in [9.17, 15) is 26.8 Å². The summed E-state index contributed by atoms with van der Waals surface area (Å²) in [5, 5.41) is 1.97. The highest BCUT2D eigenvalue weighted by Gasteiger charge is 2.21. The highest BCUT2D eigenvalue weighted by molar-refractivity contribution is 7.89. The Morgan fingerprint density at radius 1 is 1.07 bits per heavy atom. The molecule has 2 aromatic carbocycles. The van der Waals surface area contributed by atoms with Gasteiger partial charge < -0.3 is 10.1 Å². The number of hydroxylamine groups is 1. The van der Waals surface area contributed by atoms with Crippen LogP contribution in [0.15, 0.2) is 47.4 Å². The van der Waals surface area contributed by atoms with E-state index in [1.807, 2.05) is 5.32 Å². The number of esters is 1. The van der Waals surface area contributed by atoms with Crippen molar-refractivity contribution in [1.29, 1.82) is 0 Å². The Morgan fingerprint density at radius 2 is 1.64 bits per heavy atom. The summed E-state index contributed by atoms with van der Waals surface area (Å²) in [7, 11) is -1.49. The van der Waals surface area contributed by atoms with E-state index < -0.39 is 45.8 Å². The molecule has 0 bridgehead atoms. The summed E-state index contributed by atoms with van der Waals surface area (Å²) in [5.41, 5.74) is -0.677. The minimum absolute atomic E-state index is 0.0242. The molecule has 0 unspecified atom stereocenters. The molecule has 1 N–H and O–H groups in total. The van der Waals surface area contributed by atoms with E-state index in [0.29, 0.717) is 4.47 Å². The zero-order chi connectivity index (χ0) is 20.9. The summed E-state index contributed by atoms with van der Waals surface area (Å²) in [5.74, 6) is -3.82. The second-order valence-corrected chi connectivity index (χ2v) is 7.28. The van der Waals surface area contributed by atoms with Crippen LogP contribution in [0.25, 0.3) is 0 Å². The van der Waals surface area contributed by atoms with Gasteiger partial charge in [-0.1, -0.05) is 10.5 Å². The normalized spacial score (nSPS) is 11.3. The van der Waals surface area contributed by atoms with Gasteiger partial charge >= 0.3 is 5.97 Å². The van der Waals surface area contributed by atoms with Crippen molar-refractivity contribution < 1.29 is 36.4 Å². The zero-order valence-electron chi connectivity index (χ0n) is 14.8. The lowest BCUT2D eigenvalue weighted by atomic mass is 10.2. The third kappa shape index (κ3) is 4.88. The Labute approximate surface area is 159 Å². The van der Waals surface area contributed by atoms with Gasteiger partial charge in [0.25, 0.3) is 15.9 Å². The van der Waals surface area contributed by atoms with Gasteiger partial charge in [0.05, 0.1) is 17.6 Å². The summed E-state index contributed by atoms with van der Waals surface area (Å²) < 4.78 is 56.5. The van der Waals surface area contributed by atoms with Crippen molar-refractivity contribution in [2.45, 2.75) is 4.90 Å². The van der Waals surface area contributed by atoms with Gasteiger partial charge in [0.2, 0.25) is 0 Å². The van der Waals surface area contributed by atoms with E-state index in [4.69, 9.17) is 4.74 Å². The van der Waals surface area contributed by atoms with Crippen LogP contribution in [-0.4, -0.2) is 45.5 Å². The average Bonchev–Trinajstić information content (AvgIpc) is 2.68.